The van der Waals surface area contributed by atoms with Gasteiger partial charge in [0.1, 0.15) is 15.7 Å². The third kappa shape index (κ3) is 4.39. The number of benzene rings is 1. The molecule has 1 atom stereocenters. The molecule has 0 saturated heterocycles. The molecule has 8 heteroatoms. The Morgan fingerprint density at radius 2 is 1.94 bits per heavy atom. The minimum Gasteiger partial charge on any atom is -0.459 e. The van der Waals surface area contributed by atoms with Crippen LogP contribution in [0.3, 0.4) is 0 Å². The predicted octanol–water partition coefficient (Wildman–Crippen LogP) is 4.40. The second-order valence-corrected chi connectivity index (χ2v) is 8.77. The number of amides is 1. The van der Waals surface area contributed by atoms with Crippen LogP contribution in [0.2, 0.25) is 0 Å². The number of hydrogen-bond donors (Lipinski definition) is 1. The Bertz CT molecular complexity index is 1210. The molecule has 3 rings (SSSR count). The summed E-state index contributed by atoms with van der Waals surface area (Å²) in [5, 5.41) is 3.31. The number of hydrogen-bond acceptors (Lipinski definition) is 6. The van der Waals surface area contributed by atoms with E-state index in [2.05, 4.69) is 10.3 Å². The molecule has 0 saturated carbocycles. The van der Waals surface area contributed by atoms with Gasteiger partial charge in [0.05, 0.1) is 17.8 Å². The quantitative estimate of drug-likeness (QED) is 0.573. The van der Waals surface area contributed by atoms with Crippen molar-refractivity contribution in [1.82, 2.24) is 9.55 Å². The SMILES string of the molecule is CCc1cccc(C)c1NC(=O)C(C)n1cnc2sc(C(=O)OC(C)C)c(C)c2c1=O. The second-order valence-electron chi connectivity index (χ2n) is 7.78. The molecule has 164 valence electrons. The lowest BCUT2D eigenvalue weighted by atomic mass is 10.1. The molecule has 0 bridgehead atoms. The van der Waals surface area contributed by atoms with Gasteiger partial charge in [0.15, 0.2) is 0 Å². The molecule has 0 aliphatic rings. The third-order valence-corrected chi connectivity index (χ3v) is 6.37. The lowest BCUT2D eigenvalue weighted by Crippen LogP contribution is -2.32. The van der Waals surface area contributed by atoms with Crippen molar-refractivity contribution in [3.63, 3.8) is 0 Å². The number of esters is 1. The van der Waals surface area contributed by atoms with Crippen LogP contribution in [0.1, 0.15) is 60.1 Å². The van der Waals surface area contributed by atoms with Gasteiger partial charge in [-0.3, -0.25) is 14.2 Å². The van der Waals surface area contributed by atoms with Crippen LogP contribution in [0, 0.1) is 13.8 Å². The van der Waals surface area contributed by atoms with E-state index >= 15 is 0 Å². The van der Waals surface area contributed by atoms with Crippen molar-refractivity contribution in [2.45, 2.75) is 60.1 Å². The largest absolute Gasteiger partial charge is 0.459 e. The molecule has 1 amide bonds. The number of rotatable bonds is 6. The molecule has 31 heavy (non-hydrogen) atoms. The molecular weight excluding hydrogens is 414 g/mol. The Morgan fingerprint density at radius 1 is 1.23 bits per heavy atom. The first-order chi connectivity index (χ1) is 14.6. The average molecular weight is 442 g/mol. The summed E-state index contributed by atoms with van der Waals surface area (Å²) in [6.45, 7) is 10.9. The topological polar surface area (TPSA) is 90.3 Å². The van der Waals surface area contributed by atoms with E-state index in [0.717, 1.165) is 34.6 Å². The zero-order valence-electron chi connectivity index (χ0n) is 18.6. The first-order valence-corrected chi connectivity index (χ1v) is 11.1. The lowest BCUT2D eigenvalue weighted by molar-refractivity contribution is -0.118. The molecule has 2 heterocycles. The van der Waals surface area contributed by atoms with Gasteiger partial charge >= 0.3 is 5.97 Å². The molecule has 0 fully saturated rings. The highest BCUT2D eigenvalue weighted by Gasteiger charge is 2.24. The Hall–Kier alpha value is -3.00. The van der Waals surface area contributed by atoms with Crippen molar-refractivity contribution in [3.05, 3.63) is 56.4 Å². The van der Waals surface area contributed by atoms with Crippen LogP contribution < -0.4 is 10.9 Å². The first-order valence-electron chi connectivity index (χ1n) is 10.3. The second kappa shape index (κ2) is 9.01. The maximum absolute atomic E-state index is 13.2. The van der Waals surface area contributed by atoms with E-state index in [-0.39, 0.29) is 17.6 Å². The summed E-state index contributed by atoms with van der Waals surface area (Å²) in [5.74, 6) is -0.779. The van der Waals surface area contributed by atoms with E-state index in [1.165, 1.54) is 10.9 Å². The summed E-state index contributed by atoms with van der Waals surface area (Å²) < 4.78 is 6.58. The molecule has 1 N–H and O–H groups in total. The number of nitrogens with zero attached hydrogens (tertiary/aromatic N) is 2. The van der Waals surface area contributed by atoms with Crippen LogP contribution in [0.4, 0.5) is 5.69 Å². The Kier molecular flexibility index (Phi) is 6.59. The monoisotopic (exact) mass is 441 g/mol. The van der Waals surface area contributed by atoms with Gasteiger partial charge in [0.25, 0.3) is 5.56 Å². The van der Waals surface area contributed by atoms with Crippen molar-refractivity contribution < 1.29 is 14.3 Å². The minimum atomic E-state index is -0.779. The maximum atomic E-state index is 13.2. The number of carbonyl (C=O) groups excluding carboxylic acids is 2. The molecule has 0 aliphatic heterocycles. The Labute approximate surface area is 185 Å². The zero-order valence-corrected chi connectivity index (χ0v) is 19.4. The fourth-order valence-corrected chi connectivity index (χ4v) is 4.45. The van der Waals surface area contributed by atoms with Crippen molar-refractivity contribution >= 4 is 39.1 Å². The summed E-state index contributed by atoms with van der Waals surface area (Å²) >= 11 is 1.13. The summed E-state index contributed by atoms with van der Waals surface area (Å²) in [5.41, 5.74) is 2.93. The average Bonchev–Trinajstić information content (AvgIpc) is 3.06. The molecule has 0 spiro atoms. The number of anilines is 1. The number of fused-ring (bicyclic) bond motifs is 1. The number of thiophene rings is 1. The molecule has 0 radical (unpaired) electrons. The molecule has 1 aromatic carbocycles. The summed E-state index contributed by atoms with van der Waals surface area (Å²) in [6, 6.07) is 5.08. The van der Waals surface area contributed by atoms with Crippen molar-refractivity contribution in [2.24, 2.45) is 0 Å². The fraction of sp³-hybridized carbons (Fsp3) is 0.391. The smallest absolute Gasteiger partial charge is 0.348 e. The van der Waals surface area contributed by atoms with Crippen molar-refractivity contribution in [2.75, 3.05) is 5.32 Å². The lowest BCUT2D eigenvalue weighted by Gasteiger charge is -2.18. The van der Waals surface area contributed by atoms with E-state index in [4.69, 9.17) is 4.74 Å². The number of carbonyl (C=O) groups is 2. The Balaban J connectivity index is 1.97. The van der Waals surface area contributed by atoms with Gasteiger partial charge in [-0.1, -0.05) is 25.1 Å². The third-order valence-electron chi connectivity index (χ3n) is 5.19. The van der Waals surface area contributed by atoms with Gasteiger partial charge < -0.3 is 10.1 Å². The predicted molar refractivity (Wildman–Crippen MR) is 123 cm³/mol. The van der Waals surface area contributed by atoms with Crippen LogP contribution in [-0.2, 0) is 16.0 Å². The highest BCUT2D eigenvalue weighted by molar-refractivity contribution is 7.20. The number of para-hydroxylation sites is 1. The maximum Gasteiger partial charge on any atom is 0.348 e. The van der Waals surface area contributed by atoms with E-state index in [1.54, 1.807) is 27.7 Å². The zero-order chi connectivity index (χ0) is 22.9. The summed E-state index contributed by atoms with van der Waals surface area (Å²) in [7, 11) is 0. The van der Waals surface area contributed by atoms with E-state index < -0.39 is 12.0 Å². The first kappa shape index (κ1) is 22.7. The summed E-state index contributed by atoms with van der Waals surface area (Å²) in [4.78, 5) is 43.7. The van der Waals surface area contributed by atoms with Crippen LogP contribution in [0.15, 0.2) is 29.3 Å². The van der Waals surface area contributed by atoms with Gasteiger partial charge in [-0.05, 0) is 57.7 Å². The molecule has 0 aliphatic carbocycles. The van der Waals surface area contributed by atoms with Gasteiger partial charge in [-0.25, -0.2) is 9.78 Å². The van der Waals surface area contributed by atoms with Crippen LogP contribution in [0.25, 0.3) is 10.2 Å². The van der Waals surface area contributed by atoms with E-state index in [0.29, 0.717) is 20.7 Å². The highest BCUT2D eigenvalue weighted by Crippen LogP contribution is 2.28. The highest BCUT2D eigenvalue weighted by atomic mass is 32.1. The van der Waals surface area contributed by atoms with Gasteiger partial charge in [-0.2, -0.15) is 0 Å². The van der Waals surface area contributed by atoms with Gasteiger partial charge in [0, 0.05) is 5.69 Å². The van der Waals surface area contributed by atoms with Crippen LogP contribution in [-0.4, -0.2) is 27.5 Å². The molecule has 7 nitrogen and oxygen atoms in total. The van der Waals surface area contributed by atoms with Crippen molar-refractivity contribution in [3.8, 4) is 0 Å². The molecular formula is C23H27N3O4S. The fourth-order valence-electron chi connectivity index (χ4n) is 3.43. The number of aromatic nitrogens is 2. The van der Waals surface area contributed by atoms with E-state index in [9.17, 15) is 14.4 Å². The summed E-state index contributed by atoms with van der Waals surface area (Å²) in [6.07, 6.45) is 1.88. The molecule has 2 aromatic heterocycles. The van der Waals surface area contributed by atoms with E-state index in [1.807, 2.05) is 32.0 Å². The minimum absolute atomic E-state index is 0.264. The van der Waals surface area contributed by atoms with Crippen LogP contribution in [0.5, 0.6) is 0 Å². The van der Waals surface area contributed by atoms with Gasteiger partial charge in [0.2, 0.25) is 5.91 Å². The standard InChI is InChI=1S/C23H27N3O4S/c1-7-16-10-8-9-13(4)18(16)25-20(27)15(6)26-11-24-21-17(22(26)28)14(5)19(31-21)23(29)30-12(2)3/h8-12,15H,7H2,1-6H3,(H,25,27). The molecule has 3 aromatic rings. The number of ether oxygens (including phenoxy) is 1. The number of nitrogens with one attached hydrogen (secondary N) is 1. The number of aryl methyl sites for hydroxylation is 3. The Morgan fingerprint density at radius 3 is 2.58 bits per heavy atom. The molecule has 1 unspecified atom stereocenters. The van der Waals surface area contributed by atoms with Gasteiger partial charge in [-0.15, -0.1) is 11.3 Å². The van der Waals surface area contributed by atoms with Crippen LogP contribution >= 0.6 is 11.3 Å². The van der Waals surface area contributed by atoms with Crippen molar-refractivity contribution in [1.29, 1.82) is 0 Å². The normalized spacial score (nSPS) is 12.2.